The Bertz CT molecular complexity index is 776. The Kier molecular flexibility index (Phi) is 6.45. The SMILES string of the molecule is COCCNC(=O)NCCc1cc2cc(OC)c(Cl)cc2[nH]c1=O. The highest BCUT2D eigenvalue weighted by Crippen LogP contribution is 2.28. The summed E-state index contributed by atoms with van der Waals surface area (Å²) in [5.41, 5.74) is 1.01. The van der Waals surface area contributed by atoms with Crippen LogP contribution in [0, 0.1) is 0 Å². The lowest BCUT2D eigenvalue weighted by molar-refractivity contribution is 0.196. The van der Waals surface area contributed by atoms with Gasteiger partial charge in [-0.05, 0) is 24.6 Å². The maximum Gasteiger partial charge on any atom is 0.314 e. The number of aromatic amines is 1. The van der Waals surface area contributed by atoms with Gasteiger partial charge in [0.25, 0.3) is 5.56 Å². The minimum absolute atomic E-state index is 0.203. The lowest BCUT2D eigenvalue weighted by atomic mass is 10.1. The van der Waals surface area contributed by atoms with Crippen LogP contribution in [0.4, 0.5) is 4.79 Å². The van der Waals surface area contributed by atoms with E-state index in [1.54, 1.807) is 25.3 Å². The fraction of sp³-hybridized carbons (Fsp3) is 0.375. The summed E-state index contributed by atoms with van der Waals surface area (Å²) < 4.78 is 10.0. The molecule has 1 heterocycles. The van der Waals surface area contributed by atoms with Gasteiger partial charge in [-0.1, -0.05) is 11.6 Å². The number of benzene rings is 1. The summed E-state index contributed by atoms with van der Waals surface area (Å²) >= 11 is 6.06. The van der Waals surface area contributed by atoms with Gasteiger partial charge in [0, 0.05) is 31.1 Å². The second-order valence-electron chi connectivity index (χ2n) is 5.12. The van der Waals surface area contributed by atoms with Gasteiger partial charge in [0.1, 0.15) is 5.75 Å². The van der Waals surface area contributed by atoms with Crippen molar-refractivity contribution in [2.24, 2.45) is 0 Å². The van der Waals surface area contributed by atoms with Crippen LogP contribution in [0.25, 0.3) is 10.9 Å². The number of amides is 2. The van der Waals surface area contributed by atoms with Gasteiger partial charge in [-0.3, -0.25) is 4.79 Å². The zero-order valence-corrected chi connectivity index (χ0v) is 14.3. The molecular formula is C16H20ClN3O4. The van der Waals surface area contributed by atoms with Crippen LogP contribution in [-0.2, 0) is 11.2 Å². The number of ether oxygens (including phenoxy) is 2. The summed E-state index contributed by atoms with van der Waals surface area (Å²) in [6.07, 6.45) is 0.411. The first-order valence-electron chi connectivity index (χ1n) is 7.45. The van der Waals surface area contributed by atoms with Gasteiger partial charge in [0.15, 0.2) is 0 Å². The van der Waals surface area contributed by atoms with Gasteiger partial charge in [-0.25, -0.2) is 4.79 Å². The number of hydrogen-bond donors (Lipinski definition) is 3. The Morgan fingerprint density at radius 2 is 1.96 bits per heavy atom. The number of hydrogen-bond acceptors (Lipinski definition) is 4. The van der Waals surface area contributed by atoms with E-state index >= 15 is 0 Å². The van der Waals surface area contributed by atoms with Gasteiger partial charge < -0.3 is 25.1 Å². The molecule has 0 radical (unpaired) electrons. The second kappa shape index (κ2) is 8.56. The topological polar surface area (TPSA) is 92.4 Å². The Labute approximate surface area is 144 Å². The maximum absolute atomic E-state index is 12.1. The molecular weight excluding hydrogens is 334 g/mol. The average molecular weight is 354 g/mol. The molecule has 1 aromatic carbocycles. The highest BCUT2D eigenvalue weighted by molar-refractivity contribution is 6.32. The third-order valence-corrected chi connectivity index (χ3v) is 3.76. The van der Waals surface area contributed by atoms with Crippen LogP contribution in [0.1, 0.15) is 5.56 Å². The molecule has 130 valence electrons. The monoisotopic (exact) mass is 353 g/mol. The largest absolute Gasteiger partial charge is 0.495 e. The first-order chi connectivity index (χ1) is 11.5. The Morgan fingerprint density at radius 1 is 1.21 bits per heavy atom. The summed E-state index contributed by atoms with van der Waals surface area (Å²) in [6.45, 7) is 1.22. The number of pyridine rings is 1. The molecule has 0 aliphatic rings. The second-order valence-corrected chi connectivity index (χ2v) is 5.53. The number of carbonyl (C=O) groups is 1. The van der Waals surface area contributed by atoms with Crippen LogP contribution in [0.2, 0.25) is 5.02 Å². The van der Waals surface area contributed by atoms with Crippen LogP contribution in [0.3, 0.4) is 0 Å². The third-order valence-electron chi connectivity index (χ3n) is 3.47. The highest BCUT2D eigenvalue weighted by Gasteiger charge is 2.08. The van der Waals surface area contributed by atoms with Crippen molar-refractivity contribution in [3.05, 3.63) is 39.1 Å². The van der Waals surface area contributed by atoms with Crippen molar-refractivity contribution in [1.29, 1.82) is 0 Å². The molecule has 0 bridgehead atoms. The van der Waals surface area contributed by atoms with E-state index in [0.29, 0.717) is 48.0 Å². The first kappa shape index (κ1) is 18.1. The van der Waals surface area contributed by atoms with E-state index in [0.717, 1.165) is 5.39 Å². The van der Waals surface area contributed by atoms with Crippen LogP contribution in [0.5, 0.6) is 5.75 Å². The van der Waals surface area contributed by atoms with Crippen LogP contribution in [0.15, 0.2) is 23.0 Å². The number of urea groups is 1. The molecule has 8 heteroatoms. The molecule has 24 heavy (non-hydrogen) atoms. The minimum atomic E-state index is -0.294. The molecule has 0 saturated carbocycles. The van der Waals surface area contributed by atoms with Gasteiger partial charge >= 0.3 is 6.03 Å². The minimum Gasteiger partial charge on any atom is -0.495 e. The van der Waals surface area contributed by atoms with Crippen molar-refractivity contribution in [3.63, 3.8) is 0 Å². The highest BCUT2D eigenvalue weighted by atomic mass is 35.5. The van der Waals surface area contributed by atoms with Crippen LogP contribution < -0.4 is 20.9 Å². The van der Waals surface area contributed by atoms with Crippen molar-refractivity contribution in [1.82, 2.24) is 15.6 Å². The fourth-order valence-corrected chi connectivity index (χ4v) is 2.48. The Morgan fingerprint density at radius 3 is 2.67 bits per heavy atom. The standard InChI is InChI=1S/C16H20ClN3O4/c1-23-6-5-19-16(22)18-4-3-10-7-11-8-14(24-2)12(17)9-13(11)20-15(10)21/h7-9H,3-6H2,1-2H3,(H,20,21)(H2,18,19,22). The maximum atomic E-state index is 12.1. The molecule has 1 aromatic heterocycles. The molecule has 2 aromatic rings. The number of H-pyrrole nitrogens is 1. The van der Waals surface area contributed by atoms with Crippen LogP contribution in [-0.4, -0.2) is 44.9 Å². The molecule has 0 aliphatic carbocycles. The van der Waals surface area contributed by atoms with Crippen LogP contribution >= 0.6 is 11.6 Å². The molecule has 0 fully saturated rings. The predicted molar refractivity (Wildman–Crippen MR) is 93.1 cm³/mol. The van der Waals surface area contributed by atoms with Gasteiger partial charge in [-0.15, -0.1) is 0 Å². The van der Waals surface area contributed by atoms with E-state index in [1.165, 1.54) is 7.11 Å². The number of carbonyl (C=O) groups excluding carboxylic acids is 1. The van der Waals surface area contributed by atoms with Crippen molar-refractivity contribution < 1.29 is 14.3 Å². The third kappa shape index (κ3) is 4.62. The summed E-state index contributed by atoms with van der Waals surface area (Å²) in [4.78, 5) is 26.4. The van der Waals surface area contributed by atoms with E-state index in [-0.39, 0.29) is 11.6 Å². The smallest absolute Gasteiger partial charge is 0.314 e. The Balaban J connectivity index is 2.04. The van der Waals surface area contributed by atoms with E-state index in [9.17, 15) is 9.59 Å². The number of halogens is 1. The summed E-state index contributed by atoms with van der Waals surface area (Å²) in [5.74, 6) is 0.540. The molecule has 2 rings (SSSR count). The summed E-state index contributed by atoms with van der Waals surface area (Å²) in [5, 5.41) is 6.58. The van der Waals surface area contributed by atoms with E-state index in [2.05, 4.69) is 15.6 Å². The molecule has 0 spiro atoms. The van der Waals surface area contributed by atoms with Crippen molar-refractivity contribution in [2.45, 2.75) is 6.42 Å². The number of fused-ring (bicyclic) bond motifs is 1. The quantitative estimate of drug-likeness (QED) is 0.660. The number of aromatic nitrogens is 1. The van der Waals surface area contributed by atoms with E-state index in [4.69, 9.17) is 21.1 Å². The molecule has 2 amide bonds. The zero-order valence-electron chi connectivity index (χ0n) is 13.6. The average Bonchev–Trinajstić information content (AvgIpc) is 2.55. The summed E-state index contributed by atoms with van der Waals surface area (Å²) in [6, 6.07) is 4.90. The lowest BCUT2D eigenvalue weighted by Crippen LogP contribution is -2.38. The van der Waals surface area contributed by atoms with Gasteiger partial charge in [0.2, 0.25) is 0 Å². The zero-order chi connectivity index (χ0) is 17.5. The fourth-order valence-electron chi connectivity index (χ4n) is 2.23. The van der Waals surface area contributed by atoms with Gasteiger partial charge in [0.05, 0.1) is 24.3 Å². The van der Waals surface area contributed by atoms with Gasteiger partial charge in [-0.2, -0.15) is 0 Å². The number of nitrogens with one attached hydrogen (secondary N) is 3. The molecule has 0 aliphatic heterocycles. The van der Waals surface area contributed by atoms with E-state index < -0.39 is 0 Å². The van der Waals surface area contributed by atoms with Crippen molar-refractivity contribution >= 4 is 28.5 Å². The van der Waals surface area contributed by atoms with Crippen molar-refractivity contribution in [2.75, 3.05) is 33.9 Å². The molecule has 0 atom stereocenters. The summed E-state index contributed by atoms with van der Waals surface area (Å²) in [7, 11) is 3.10. The van der Waals surface area contributed by atoms with Crippen molar-refractivity contribution in [3.8, 4) is 5.75 Å². The normalized spacial score (nSPS) is 10.6. The number of rotatable bonds is 7. The molecule has 0 unspecified atom stereocenters. The predicted octanol–water partition coefficient (Wildman–Crippen LogP) is 1.68. The van der Waals surface area contributed by atoms with E-state index in [1.807, 2.05) is 0 Å². The molecule has 0 saturated heterocycles. The molecule has 3 N–H and O–H groups in total. The Hall–Kier alpha value is -2.25. The lowest BCUT2D eigenvalue weighted by Gasteiger charge is -2.09. The number of methoxy groups -OCH3 is 2. The molecule has 7 nitrogen and oxygen atoms in total. The first-order valence-corrected chi connectivity index (χ1v) is 7.83.